The summed E-state index contributed by atoms with van der Waals surface area (Å²) in [5, 5.41) is 10.3. The molecule has 0 saturated heterocycles. The van der Waals surface area contributed by atoms with E-state index in [1.165, 1.54) is 0 Å². The van der Waals surface area contributed by atoms with E-state index in [1.807, 2.05) is 0 Å². The van der Waals surface area contributed by atoms with Crippen molar-refractivity contribution in [1.82, 2.24) is 5.01 Å². The van der Waals surface area contributed by atoms with Crippen molar-refractivity contribution in [3.05, 3.63) is 28.2 Å². The fourth-order valence-electron chi connectivity index (χ4n) is 0.688. The van der Waals surface area contributed by atoms with Crippen LogP contribution in [0.1, 0.15) is 0 Å². The summed E-state index contributed by atoms with van der Waals surface area (Å²) in [7, 11) is 3.59. The standard InChI is InChI=1S/C8H9Cl2N3/c1-13(2)12-11-6-3-4-7(9)8(10)5-6/h3-5H,1-2H3. The van der Waals surface area contributed by atoms with Gasteiger partial charge in [0, 0.05) is 14.1 Å². The van der Waals surface area contributed by atoms with Crippen molar-refractivity contribution < 1.29 is 0 Å². The SMILES string of the molecule is CN(C)N=Nc1ccc(Cl)c(Cl)c1. The van der Waals surface area contributed by atoms with Crippen molar-refractivity contribution in [3.63, 3.8) is 0 Å². The zero-order valence-corrected chi connectivity index (χ0v) is 8.84. The van der Waals surface area contributed by atoms with Crippen LogP contribution in [-0.2, 0) is 0 Å². The first-order chi connectivity index (χ1) is 6.09. The molecular formula is C8H9Cl2N3. The molecule has 0 aliphatic heterocycles. The van der Waals surface area contributed by atoms with Crippen LogP contribution in [-0.4, -0.2) is 19.1 Å². The Hall–Kier alpha value is -0.800. The summed E-state index contributed by atoms with van der Waals surface area (Å²) in [6.45, 7) is 0. The lowest BCUT2D eigenvalue weighted by Crippen LogP contribution is -1.98. The fourth-order valence-corrected chi connectivity index (χ4v) is 0.981. The predicted molar refractivity (Wildman–Crippen MR) is 54.7 cm³/mol. The van der Waals surface area contributed by atoms with Crippen LogP contribution in [0.4, 0.5) is 5.69 Å². The van der Waals surface area contributed by atoms with Crippen LogP contribution >= 0.6 is 23.2 Å². The van der Waals surface area contributed by atoms with E-state index >= 15 is 0 Å². The van der Waals surface area contributed by atoms with Gasteiger partial charge in [0.1, 0.15) is 0 Å². The van der Waals surface area contributed by atoms with E-state index in [-0.39, 0.29) is 0 Å². The first kappa shape index (κ1) is 10.3. The molecule has 0 N–H and O–H groups in total. The molecule has 1 aromatic rings. The highest BCUT2D eigenvalue weighted by Gasteiger charge is 1.97. The van der Waals surface area contributed by atoms with Crippen LogP contribution in [0.5, 0.6) is 0 Å². The van der Waals surface area contributed by atoms with Gasteiger partial charge in [0.25, 0.3) is 0 Å². The molecule has 0 amide bonds. The Bertz CT molecular complexity index is 323. The maximum absolute atomic E-state index is 5.78. The maximum atomic E-state index is 5.78. The van der Waals surface area contributed by atoms with Crippen molar-refractivity contribution in [3.8, 4) is 0 Å². The van der Waals surface area contributed by atoms with Gasteiger partial charge in [0.05, 0.1) is 15.7 Å². The number of rotatable bonds is 2. The lowest BCUT2D eigenvalue weighted by atomic mass is 10.3. The topological polar surface area (TPSA) is 28.0 Å². The van der Waals surface area contributed by atoms with E-state index in [9.17, 15) is 0 Å². The van der Waals surface area contributed by atoms with Gasteiger partial charge >= 0.3 is 0 Å². The van der Waals surface area contributed by atoms with Gasteiger partial charge in [0.15, 0.2) is 0 Å². The number of hydrogen-bond acceptors (Lipinski definition) is 2. The summed E-state index contributed by atoms with van der Waals surface area (Å²) >= 11 is 11.5. The minimum absolute atomic E-state index is 0.483. The zero-order valence-electron chi connectivity index (χ0n) is 7.33. The quantitative estimate of drug-likeness (QED) is 0.551. The molecule has 0 saturated carbocycles. The van der Waals surface area contributed by atoms with Gasteiger partial charge in [-0.25, -0.2) is 0 Å². The van der Waals surface area contributed by atoms with Crippen LogP contribution in [0, 0.1) is 0 Å². The second-order valence-corrected chi connectivity index (χ2v) is 3.45. The first-order valence-electron chi connectivity index (χ1n) is 3.63. The third kappa shape index (κ3) is 3.20. The molecular weight excluding hydrogens is 209 g/mol. The highest BCUT2D eigenvalue weighted by molar-refractivity contribution is 6.42. The van der Waals surface area contributed by atoms with Gasteiger partial charge in [-0.3, -0.25) is 5.01 Å². The molecule has 1 aromatic carbocycles. The van der Waals surface area contributed by atoms with Crippen LogP contribution in [0.3, 0.4) is 0 Å². The molecule has 0 spiro atoms. The van der Waals surface area contributed by atoms with Gasteiger partial charge in [-0.2, -0.15) is 0 Å². The summed E-state index contributed by atoms with van der Waals surface area (Å²) in [5.41, 5.74) is 0.683. The summed E-state index contributed by atoms with van der Waals surface area (Å²) < 4.78 is 0. The molecule has 5 heteroatoms. The molecule has 0 unspecified atom stereocenters. The number of nitrogens with zero attached hydrogens (tertiary/aromatic N) is 3. The predicted octanol–water partition coefficient (Wildman–Crippen LogP) is 3.55. The molecule has 0 atom stereocenters. The number of benzene rings is 1. The summed E-state index contributed by atoms with van der Waals surface area (Å²) in [4.78, 5) is 0. The minimum atomic E-state index is 0.483. The maximum Gasteiger partial charge on any atom is 0.0890 e. The number of halogens is 2. The van der Waals surface area contributed by atoms with E-state index < -0.39 is 0 Å². The number of hydrogen-bond donors (Lipinski definition) is 0. The minimum Gasteiger partial charge on any atom is -0.285 e. The lowest BCUT2D eigenvalue weighted by molar-refractivity contribution is 0.408. The van der Waals surface area contributed by atoms with Crippen molar-refractivity contribution in [1.29, 1.82) is 0 Å². The van der Waals surface area contributed by atoms with E-state index in [0.717, 1.165) is 0 Å². The van der Waals surface area contributed by atoms with Crippen molar-refractivity contribution in [2.24, 2.45) is 10.3 Å². The van der Waals surface area contributed by atoms with Crippen LogP contribution in [0.15, 0.2) is 28.5 Å². The van der Waals surface area contributed by atoms with Crippen LogP contribution in [0.2, 0.25) is 10.0 Å². The normalized spacial score (nSPS) is 10.8. The first-order valence-corrected chi connectivity index (χ1v) is 4.39. The molecule has 0 fully saturated rings. The second kappa shape index (κ2) is 4.44. The van der Waals surface area contributed by atoms with Crippen LogP contribution < -0.4 is 0 Å². The Kier molecular flexibility index (Phi) is 3.51. The summed E-state index contributed by atoms with van der Waals surface area (Å²) in [6.07, 6.45) is 0. The van der Waals surface area contributed by atoms with Gasteiger partial charge in [0.2, 0.25) is 0 Å². The Balaban J connectivity index is 2.85. The van der Waals surface area contributed by atoms with Crippen molar-refractivity contribution >= 4 is 28.9 Å². The Morgan fingerprint density at radius 2 is 1.85 bits per heavy atom. The van der Waals surface area contributed by atoms with Gasteiger partial charge < -0.3 is 0 Å². The van der Waals surface area contributed by atoms with E-state index in [1.54, 1.807) is 37.3 Å². The second-order valence-electron chi connectivity index (χ2n) is 2.64. The third-order valence-electron chi connectivity index (χ3n) is 1.24. The van der Waals surface area contributed by atoms with E-state index in [4.69, 9.17) is 23.2 Å². The van der Waals surface area contributed by atoms with Crippen molar-refractivity contribution in [2.45, 2.75) is 0 Å². The summed E-state index contributed by atoms with van der Waals surface area (Å²) in [5.74, 6) is 0. The molecule has 0 aliphatic rings. The summed E-state index contributed by atoms with van der Waals surface area (Å²) in [6, 6.07) is 5.10. The molecule has 0 aromatic heterocycles. The average molecular weight is 218 g/mol. The van der Waals surface area contributed by atoms with Crippen molar-refractivity contribution in [2.75, 3.05) is 14.1 Å². The van der Waals surface area contributed by atoms with Gasteiger partial charge in [-0.15, -0.1) is 5.11 Å². The monoisotopic (exact) mass is 217 g/mol. The fraction of sp³-hybridized carbons (Fsp3) is 0.250. The lowest BCUT2D eigenvalue weighted by Gasteiger charge is -2.00. The highest BCUT2D eigenvalue weighted by Crippen LogP contribution is 2.26. The van der Waals surface area contributed by atoms with Gasteiger partial charge in [-0.05, 0) is 18.2 Å². The van der Waals surface area contributed by atoms with E-state index in [0.29, 0.717) is 15.7 Å². The van der Waals surface area contributed by atoms with E-state index in [2.05, 4.69) is 10.3 Å². The molecule has 1 rings (SSSR count). The van der Waals surface area contributed by atoms with Gasteiger partial charge in [-0.1, -0.05) is 28.4 Å². The van der Waals surface area contributed by atoms with Crippen LogP contribution in [0.25, 0.3) is 0 Å². The Labute approximate surface area is 86.9 Å². The highest BCUT2D eigenvalue weighted by atomic mass is 35.5. The smallest absolute Gasteiger partial charge is 0.0890 e. The zero-order chi connectivity index (χ0) is 9.84. The third-order valence-corrected chi connectivity index (χ3v) is 1.98. The molecule has 0 aliphatic carbocycles. The molecule has 3 nitrogen and oxygen atoms in total. The Morgan fingerprint density at radius 1 is 1.15 bits per heavy atom. The molecule has 0 heterocycles. The molecule has 13 heavy (non-hydrogen) atoms. The molecule has 0 radical (unpaired) electrons. The average Bonchev–Trinajstić information content (AvgIpc) is 2.07. The molecule has 0 bridgehead atoms. The largest absolute Gasteiger partial charge is 0.285 e. The molecule has 70 valence electrons. The Morgan fingerprint density at radius 3 is 2.38 bits per heavy atom.